The number of carboxylic acids is 1. The highest BCUT2D eigenvalue weighted by Gasteiger charge is 2.15. The molecule has 0 spiro atoms. The number of hydrogen-bond acceptors (Lipinski definition) is 4. The van der Waals surface area contributed by atoms with Crippen LogP contribution in [0.5, 0.6) is 0 Å². The van der Waals surface area contributed by atoms with Gasteiger partial charge in [0.2, 0.25) is 0 Å². The molecule has 7 heteroatoms. The summed E-state index contributed by atoms with van der Waals surface area (Å²) in [6.45, 7) is 5.47. The summed E-state index contributed by atoms with van der Waals surface area (Å²) in [5.41, 5.74) is 3.05. The van der Waals surface area contributed by atoms with Gasteiger partial charge in [-0.1, -0.05) is 0 Å². The number of carbonyl (C=O) groups is 2. The van der Waals surface area contributed by atoms with Gasteiger partial charge in [0.05, 0.1) is 22.0 Å². The van der Waals surface area contributed by atoms with E-state index in [1.54, 1.807) is 13.0 Å². The van der Waals surface area contributed by atoms with Crippen LogP contribution in [0.15, 0.2) is 12.1 Å². The molecule has 0 radical (unpaired) electrons. The third-order valence-electron chi connectivity index (χ3n) is 2.92. The molecule has 0 unspecified atom stereocenters. The number of anilines is 1. The second-order valence-corrected chi connectivity index (χ2v) is 5.68. The predicted octanol–water partition coefficient (Wildman–Crippen LogP) is 2.75. The van der Waals surface area contributed by atoms with Gasteiger partial charge < -0.3 is 10.4 Å². The molecular weight excluding hydrogens is 290 g/mol. The molecule has 1 amide bonds. The Labute approximate surface area is 125 Å². The van der Waals surface area contributed by atoms with Crippen LogP contribution in [0.1, 0.15) is 31.5 Å². The van der Waals surface area contributed by atoms with Gasteiger partial charge >= 0.3 is 5.97 Å². The van der Waals surface area contributed by atoms with Crippen LogP contribution < -0.4 is 5.32 Å². The highest BCUT2D eigenvalue weighted by atomic mass is 32.1. The number of nitrogens with zero attached hydrogens (tertiary/aromatic N) is 1. The number of aromatic nitrogens is 2. The SMILES string of the molecule is Cc1cc(C(=O)Nc2c(C)n[nH]c2C)sc1/C=C/C(=O)O. The second-order valence-electron chi connectivity index (χ2n) is 4.59. The lowest BCUT2D eigenvalue weighted by Gasteiger charge is -2.02. The number of aryl methyl sites for hydroxylation is 3. The van der Waals surface area contributed by atoms with E-state index in [-0.39, 0.29) is 5.91 Å². The molecule has 0 aliphatic rings. The van der Waals surface area contributed by atoms with Crippen molar-refractivity contribution in [2.24, 2.45) is 0 Å². The van der Waals surface area contributed by atoms with Crippen LogP contribution >= 0.6 is 11.3 Å². The summed E-state index contributed by atoms with van der Waals surface area (Å²) in [4.78, 5) is 24.1. The highest BCUT2D eigenvalue weighted by Crippen LogP contribution is 2.25. The summed E-state index contributed by atoms with van der Waals surface area (Å²) in [5.74, 6) is -1.25. The third kappa shape index (κ3) is 3.38. The van der Waals surface area contributed by atoms with Crippen LogP contribution in [0, 0.1) is 20.8 Å². The number of nitrogens with one attached hydrogen (secondary N) is 2. The Morgan fingerprint density at radius 3 is 2.67 bits per heavy atom. The first-order valence-corrected chi connectivity index (χ1v) is 7.04. The first kappa shape index (κ1) is 15.0. The summed E-state index contributed by atoms with van der Waals surface area (Å²) in [6, 6.07) is 1.74. The lowest BCUT2D eigenvalue weighted by atomic mass is 10.2. The van der Waals surface area contributed by atoms with E-state index in [1.165, 1.54) is 17.4 Å². The minimum Gasteiger partial charge on any atom is -0.478 e. The van der Waals surface area contributed by atoms with Gasteiger partial charge in [-0.15, -0.1) is 11.3 Å². The number of amides is 1. The molecule has 0 bridgehead atoms. The summed E-state index contributed by atoms with van der Waals surface area (Å²) in [7, 11) is 0. The van der Waals surface area contributed by atoms with E-state index in [1.807, 2.05) is 13.8 Å². The van der Waals surface area contributed by atoms with Crippen molar-refractivity contribution in [2.75, 3.05) is 5.32 Å². The zero-order chi connectivity index (χ0) is 15.6. The van der Waals surface area contributed by atoms with Gasteiger partial charge in [-0.3, -0.25) is 9.89 Å². The smallest absolute Gasteiger partial charge is 0.328 e. The van der Waals surface area contributed by atoms with Gasteiger partial charge in [-0.05, 0) is 38.5 Å². The maximum absolute atomic E-state index is 12.2. The number of thiophene rings is 1. The van der Waals surface area contributed by atoms with Crippen molar-refractivity contribution >= 4 is 35.0 Å². The Morgan fingerprint density at radius 2 is 2.10 bits per heavy atom. The Bertz CT molecular complexity index is 708. The van der Waals surface area contributed by atoms with Gasteiger partial charge in [-0.25, -0.2) is 4.79 Å². The fraction of sp³-hybridized carbons (Fsp3) is 0.214. The Morgan fingerprint density at radius 1 is 1.38 bits per heavy atom. The van der Waals surface area contributed by atoms with Crippen molar-refractivity contribution < 1.29 is 14.7 Å². The number of H-pyrrole nitrogens is 1. The van der Waals surface area contributed by atoms with Crippen molar-refractivity contribution in [1.82, 2.24) is 10.2 Å². The van der Waals surface area contributed by atoms with Crippen molar-refractivity contribution in [2.45, 2.75) is 20.8 Å². The molecule has 0 saturated carbocycles. The van der Waals surface area contributed by atoms with Crippen molar-refractivity contribution in [3.8, 4) is 0 Å². The van der Waals surface area contributed by atoms with Gasteiger partial charge in [0.15, 0.2) is 0 Å². The lowest BCUT2D eigenvalue weighted by Crippen LogP contribution is -2.11. The molecule has 0 aromatic carbocycles. The monoisotopic (exact) mass is 305 g/mol. The molecule has 0 atom stereocenters. The number of hydrogen-bond donors (Lipinski definition) is 3. The normalized spacial score (nSPS) is 11.0. The van der Waals surface area contributed by atoms with E-state index in [0.29, 0.717) is 10.6 Å². The fourth-order valence-electron chi connectivity index (χ4n) is 1.83. The molecular formula is C14H15N3O3S. The summed E-state index contributed by atoms with van der Waals surface area (Å²) < 4.78 is 0. The van der Waals surface area contributed by atoms with E-state index >= 15 is 0 Å². The van der Waals surface area contributed by atoms with E-state index in [9.17, 15) is 9.59 Å². The summed E-state index contributed by atoms with van der Waals surface area (Å²) in [6.07, 6.45) is 2.55. The zero-order valence-corrected chi connectivity index (χ0v) is 12.7. The number of carbonyl (C=O) groups excluding carboxylic acids is 1. The molecule has 2 heterocycles. The minimum absolute atomic E-state index is 0.231. The molecule has 3 N–H and O–H groups in total. The number of aromatic amines is 1. The van der Waals surface area contributed by atoms with Crippen LogP contribution in [0.25, 0.3) is 6.08 Å². The zero-order valence-electron chi connectivity index (χ0n) is 11.9. The molecule has 21 heavy (non-hydrogen) atoms. The van der Waals surface area contributed by atoms with E-state index < -0.39 is 5.97 Å². The van der Waals surface area contributed by atoms with Crippen LogP contribution in [0.4, 0.5) is 5.69 Å². The topological polar surface area (TPSA) is 95.1 Å². The average molecular weight is 305 g/mol. The largest absolute Gasteiger partial charge is 0.478 e. The first-order valence-electron chi connectivity index (χ1n) is 6.23. The lowest BCUT2D eigenvalue weighted by molar-refractivity contribution is -0.131. The Balaban J connectivity index is 2.21. The van der Waals surface area contributed by atoms with E-state index in [2.05, 4.69) is 15.5 Å². The van der Waals surface area contributed by atoms with Crippen LogP contribution in [-0.2, 0) is 4.79 Å². The first-order chi connectivity index (χ1) is 9.88. The average Bonchev–Trinajstić information content (AvgIpc) is 2.93. The van der Waals surface area contributed by atoms with Crippen LogP contribution in [0.3, 0.4) is 0 Å². The van der Waals surface area contributed by atoms with Gasteiger partial charge in [0.1, 0.15) is 0 Å². The van der Waals surface area contributed by atoms with Crippen LogP contribution in [0.2, 0.25) is 0 Å². The van der Waals surface area contributed by atoms with Crippen molar-refractivity contribution in [3.05, 3.63) is 38.8 Å². The number of rotatable bonds is 4. The highest BCUT2D eigenvalue weighted by molar-refractivity contribution is 7.15. The maximum Gasteiger partial charge on any atom is 0.328 e. The standard InChI is InChI=1S/C14H15N3O3S/c1-7-6-11(21-10(7)4-5-12(18)19)14(20)15-13-8(2)16-17-9(13)3/h4-6H,1-3H3,(H,15,20)(H,16,17)(H,18,19)/b5-4+. The molecule has 0 fully saturated rings. The second kappa shape index (κ2) is 5.92. The molecule has 6 nitrogen and oxygen atoms in total. The summed E-state index contributed by atoms with van der Waals surface area (Å²) in [5, 5.41) is 18.3. The minimum atomic E-state index is -1.02. The third-order valence-corrected chi connectivity index (χ3v) is 4.13. The van der Waals surface area contributed by atoms with Gasteiger partial charge in [0, 0.05) is 11.0 Å². The molecule has 2 aromatic rings. The van der Waals surface area contributed by atoms with Crippen molar-refractivity contribution in [3.63, 3.8) is 0 Å². The quantitative estimate of drug-likeness (QED) is 0.757. The molecule has 0 aliphatic heterocycles. The molecule has 110 valence electrons. The maximum atomic E-state index is 12.2. The number of aliphatic carboxylic acids is 1. The molecule has 0 aliphatic carbocycles. The molecule has 0 saturated heterocycles. The Hall–Kier alpha value is -2.41. The van der Waals surface area contributed by atoms with Crippen molar-refractivity contribution in [1.29, 1.82) is 0 Å². The molecule has 2 aromatic heterocycles. The fourth-order valence-corrected chi connectivity index (χ4v) is 2.80. The predicted molar refractivity (Wildman–Crippen MR) is 81.7 cm³/mol. The van der Waals surface area contributed by atoms with E-state index in [4.69, 9.17) is 5.11 Å². The Kier molecular flexibility index (Phi) is 4.23. The van der Waals surface area contributed by atoms with Crippen LogP contribution in [-0.4, -0.2) is 27.2 Å². The summed E-state index contributed by atoms with van der Waals surface area (Å²) >= 11 is 1.25. The number of carboxylic acid groups (broad SMARTS) is 1. The van der Waals surface area contributed by atoms with Gasteiger partial charge in [0.25, 0.3) is 5.91 Å². The van der Waals surface area contributed by atoms with E-state index in [0.717, 1.165) is 27.9 Å². The molecule has 2 rings (SSSR count). The van der Waals surface area contributed by atoms with Gasteiger partial charge in [-0.2, -0.15) is 5.10 Å².